The Hall–Kier alpha value is -0.680. The normalized spacial score (nSPS) is 11.7. The second-order valence-electron chi connectivity index (χ2n) is 3.39. The molecule has 0 aliphatic rings. The number of aryl methyl sites for hydroxylation is 2. The van der Waals surface area contributed by atoms with Gasteiger partial charge in [0.1, 0.15) is 0 Å². The third kappa shape index (κ3) is 2.29. The number of hydrogen-bond acceptors (Lipinski definition) is 4. The minimum absolute atomic E-state index is 0.102. The second-order valence-corrected chi connectivity index (χ2v) is 6.87. The first-order valence-electron chi connectivity index (χ1n) is 4.72. The molecule has 0 fully saturated rings. The van der Waals surface area contributed by atoms with E-state index < -0.39 is 9.84 Å². The van der Waals surface area contributed by atoms with Crippen molar-refractivity contribution in [1.82, 2.24) is 0 Å². The number of carbonyl (C=O) groups is 1. The zero-order valence-electron chi connectivity index (χ0n) is 9.03. The van der Waals surface area contributed by atoms with Crippen LogP contribution in [0, 0.1) is 13.8 Å². The van der Waals surface area contributed by atoms with Crippen molar-refractivity contribution in [2.75, 3.05) is 5.75 Å². The Labute approximate surface area is 94.0 Å². The predicted octanol–water partition coefficient (Wildman–Crippen LogP) is 2.36. The Kier molecular flexibility index (Phi) is 3.67. The summed E-state index contributed by atoms with van der Waals surface area (Å²) in [5.74, 6) is 0.102. The van der Waals surface area contributed by atoms with Gasteiger partial charge in [0.15, 0.2) is 16.1 Å². The lowest BCUT2D eigenvalue weighted by Crippen LogP contribution is -2.08. The molecule has 15 heavy (non-hydrogen) atoms. The summed E-state index contributed by atoms with van der Waals surface area (Å²) < 4.78 is 23.8. The maximum Gasteiger partial charge on any atom is 0.180 e. The molecule has 5 heteroatoms. The van der Waals surface area contributed by atoms with Gasteiger partial charge >= 0.3 is 0 Å². The lowest BCUT2D eigenvalue weighted by molar-refractivity contribution is 0.112. The predicted molar refractivity (Wildman–Crippen MR) is 61.5 cm³/mol. The Morgan fingerprint density at radius 2 is 1.87 bits per heavy atom. The van der Waals surface area contributed by atoms with Crippen molar-refractivity contribution in [2.45, 2.75) is 32.1 Å². The van der Waals surface area contributed by atoms with Crippen molar-refractivity contribution in [3.63, 3.8) is 0 Å². The summed E-state index contributed by atoms with van der Waals surface area (Å²) in [6.45, 7) is 5.33. The average Bonchev–Trinajstić information content (AvgIpc) is 2.40. The molecule has 3 nitrogen and oxygen atoms in total. The SMILES string of the molecule is CCCS(=O)(=O)c1c(C)sc(C)c1C=O. The maximum absolute atomic E-state index is 11.9. The lowest BCUT2D eigenvalue weighted by Gasteiger charge is -2.02. The molecule has 0 unspecified atom stereocenters. The van der Waals surface area contributed by atoms with Crippen LogP contribution in [0.4, 0.5) is 0 Å². The van der Waals surface area contributed by atoms with Crippen LogP contribution < -0.4 is 0 Å². The summed E-state index contributed by atoms with van der Waals surface area (Å²) in [7, 11) is -3.28. The van der Waals surface area contributed by atoms with Gasteiger partial charge in [-0.15, -0.1) is 11.3 Å². The standard InChI is InChI=1S/C10H14O3S2/c1-4-5-15(12,13)10-8(3)14-7(2)9(10)6-11/h6H,4-5H2,1-3H3. The number of aldehydes is 1. The Balaban J connectivity index is 3.43. The molecule has 0 spiro atoms. The molecule has 1 rings (SSSR count). The Morgan fingerprint density at radius 3 is 2.33 bits per heavy atom. The summed E-state index contributed by atoms with van der Waals surface area (Å²) in [5.41, 5.74) is 0.339. The fourth-order valence-corrected chi connectivity index (χ4v) is 4.78. The highest BCUT2D eigenvalue weighted by Crippen LogP contribution is 2.30. The highest BCUT2D eigenvalue weighted by molar-refractivity contribution is 7.91. The van der Waals surface area contributed by atoms with Crippen molar-refractivity contribution in [1.29, 1.82) is 0 Å². The van der Waals surface area contributed by atoms with Gasteiger partial charge < -0.3 is 0 Å². The third-order valence-electron chi connectivity index (χ3n) is 2.15. The van der Waals surface area contributed by atoms with Crippen molar-refractivity contribution < 1.29 is 13.2 Å². The second kappa shape index (κ2) is 4.45. The summed E-state index contributed by atoms with van der Waals surface area (Å²) >= 11 is 1.36. The quantitative estimate of drug-likeness (QED) is 0.766. The van der Waals surface area contributed by atoms with Crippen LogP contribution in [0.5, 0.6) is 0 Å². The smallest absolute Gasteiger partial charge is 0.180 e. The van der Waals surface area contributed by atoms with Gasteiger partial charge in [-0.05, 0) is 20.3 Å². The van der Waals surface area contributed by atoms with E-state index in [9.17, 15) is 13.2 Å². The van der Waals surface area contributed by atoms with Gasteiger partial charge in [-0.2, -0.15) is 0 Å². The highest BCUT2D eigenvalue weighted by Gasteiger charge is 2.23. The van der Waals surface area contributed by atoms with Crippen LogP contribution in [-0.2, 0) is 9.84 Å². The van der Waals surface area contributed by atoms with E-state index in [1.54, 1.807) is 13.8 Å². The molecule has 0 amide bonds. The van der Waals surface area contributed by atoms with E-state index in [4.69, 9.17) is 0 Å². The number of sulfone groups is 1. The number of rotatable bonds is 4. The molecular formula is C10H14O3S2. The van der Waals surface area contributed by atoms with E-state index in [0.29, 0.717) is 23.1 Å². The summed E-state index contributed by atoms with van der Waals surface area (Å²) in [5, 5.41) is 0. The van der Waals surface area contributed by atoms with Crippen LogP contribution in [0.3, 0.4) is 0 Å². The summed E-state index contributed by atoms with van der Waals surface area (Å²) in [4.78, 5) is 12.6. The van der Waals surface area contributed by atoms with Crippen LogP contribution in [0.25, 0.3) is 0 Å². The average molecular weight is 246 g/mol. The molecule has 84 valence electrons. The van der Waals surface area contributed by atoms with E-state index in [1.807, 2.05) is 6.92 Å². The van der Waals surface area contributed by atoms with Crippen LogP contribution >= 0.6 is 11.3 Å². The molecule has 0 bridgehead atoms. The molecule has 0 aromatic carbocycles. The van der Waals surface area contributed by atoms with E-state index in [2.05, 4.69) is 0 Å². The molecular weight excluding hydrogens is 232 g/mol. The van der Waals surface area contributed by atoms with Gasteiger partial charge in [0.2, 0.25) is 0 Å². The van der Waals surface area contributed by atoms with Crippen LogP contribution in [0.15, 0.2) is 4.90 Å². The fourth-order valence-electron chi connectivity index (χ4n) is 1.57. The molecule has 0 atom stereocenters. The van der Waals surface area contributed by atoms with Crippen molar-refractivity contribution in [2.24, 2.45) is 0 Å². The topological polar surface area (TPSA) is 51.2 Å². The molecule has 0 N–H and O–H groups in total. The van der Waals surface area contributed by atoms with Gasteiger partial charge in [-0.3, -0.25) is 4.79 Å². The van der Waals surface area contributed by atoms with Crippen molar-refractivity contribution in [3.8, 4) is 0 Å². The molecule has 0 saturated carbocycles. The van der Waals surface area contributed by atoms with Crippen LogP contribution in [0.2, 0.25) is 0 Å². The molecule has 1 heterocycles. The van der Waals surface area contributed by atoms with Gasteiger partial charge in [0.05, 0.1) is 10.6 Å². The highest BCUT2D eigenvalue weighted by atomic mass is 32.2. The lowest BCUT2D eigenvalue weighted by atomic mass is 10.3. The van der Waals surface area contributed by atoms with Crippen LogP contribution in [-0.4, -0.2) is 20.5 Å². The molecule has 1 aromatic rings. The zero-order chi connectivity index (χ0) is 11.6. The van der Waals surface area contributed by atoms with Gasteiger partial charge in [-0.25, -0.2) is 8.42 Å². The van der Waals surface area contributed by atoms with Gasteiger partial charge in [-0.1, -0.05) is 6.92 Å². The fraction of sp³-hybridized carbons (Fsp3) is 0.500. The van der Waals surface area contributed by atoms with Crippen LogP contribution in [0.1, 0.15) is 33.5 Å². The maximum atomic E-state index is 11.9. The Bertz CT molecular complexity index is 469. The van der Waals surface area contributed by atoms with E-state index in [1.165, 1.54) is 11.3 Å². The van der Waals surface area contributed by atoms with Crippen molar-refractivity contribution >= 4 is 27.5 Å². The summed E-state index contributed by atoms with van der Waals surface area (Å²) in [6.07, 6.45) is 1.20. The van der Waals surface area contributed by atoms with E-state index in [0.717, 1.165) is 4.88 Å². The minimum atomic E-state index is -3.28. The molecule has 0 radical (unpaired) electrons. The summed E-state index contributed by atoms with van der Waals surface area (Å²) in [6, 6.07) is 0. The third-order valence-corrected chi connectivity index (χ3v) is 5.41. The zero-order valence-corrected chi connectivity index (χ0v) is 10.7. The first kappa shape index (κ1) is 12.4. The first-order chi connectivity index (χ1) is 6.94. The monoisotopic (exact) mass is 246 g/mol. The molecule has 1 aromatic heterocycles. The molecule has 0 aliphatic heterocycles. The largest absolute Gasteiger partial charge is 0.298 e. The first-order valence-corrected chi connectivity index (χ1v) is 7.18. The Morgan fingerprint density at radius 1 is 1.27 bits per heavy atom. The molecule has 0 saturated heterocycles. The van der Waals surface area contributed by atoms with E-state index in [-0.39, 0.29) is 10.6 Å². The van der Waals surface area contributed by atoms with Gasteiger partial charge in [0, 0.05) is 15.3 Å². The number of carbonyl (C=O) groups excluding carboxylic acids is 1. The van der Waals surface area contributed by atoms with Crippen molar-refractivity contribution in [3.05, 3.63) is 15.3 Å². The molecule has 0 aliphatic carbocycles. The number of hydrogen-bond donors (Lipinski definition) is 0. The van der Waals surface area contributed by atoms with E-state index >= 15 is 0 Å². The van der Waals surface area contributed by atoms with Gasteiger partial charge in [0.25, 0.3) is 0 Å². The minimum Gasteiger partial charge on any atom is -0.298 e. The number of thiophene rings is 1.